The third-order valence-corrected chi connectivity index (χ3v) is 4.92. The van der Waals surface area contributed by atoms with Gasteiger partial charge in [-0.1, -0.05) is 24.1 Å². The Labute approximate surface area is 135 Å². The summed E-state index contributed by atoms with van der Waals surface area (Å²) in [7, 11) is 2.21. The number of likely N-dealkylation sites (tertiary alicyclic amines) is 1. The molecule has 1 saturated heterocycles. The molecule has 1 unspecified atom stereocenters. The van der Waals surface area contributed by atoms with Crippen molar-refractivity contribution in [2.24, 2.45) is 0 Å². The lowest BCUT2D eigenvalue weighted by Gasteiger charge is -2.33. The first kappa shape index (κ1) is 15.1. The van der Waals surface area contributed by atoms with Crippen molar-refractivity contribution < 1.29 is 0 Å². The highest BCUT2D eigenvalue weighted by Crippen LogP contribution is 2.27. The predicted molar refractivity (Wildman–Crippen MR) is 89.4 cm³/mol. The minimum absolute atomic E-state index is 0.557. The molecule has 0 N–H and O–H groups in total. The molecule has 1 aromatic heterocycles. The third-order valence-electron chi connectivity index (χ3n) is 4.43. The number of hydrogen-bond acceptors (Lipinski definition) is 2. The van der Waals surface area contributed by atoms with Gasteiger partial charge >= 0.3 is 0 Å². The van der Waals surface area contributed by atoms with E-state index in [1.165, 1.54) is 25.8 Å². The molecule has 0 saturated carbocycles. The van der Waals surface area contributed by atoms with Crippen LogP contribution in [0.5, 0.6) is 0 Å². The van der Waals surface area contributed by atoms with Crippen molar-refractivity contribution in [3.8, 4) is 0 Å². The summed E-state index contributed by atoms with van der Waals surface area (Å²) >= 11 is 12.4. The van der Waals surface area contributed by atoms with Crippen molar-refractivity contribution in [2.75, 3.05) is 19.5 Å². The van der Waals surface area contributed by atoms with E-state index in [2.05, 4.69) is 16.5 Å². The van der Waals surface area contributed by atoms with Gasteiger partial charge in [-0.15, -0.1) is 11.6 Å². The average Bonchev–Trinajstić information content (AvgIpc) is 2.81. The summed E-state index contributed by atoms with van der Waals surface area (Å²) in [4.78, 5) is 7.18. The largest absolute Gasteiger partial charge is 0.325 e. The number of benzene rings is 1. The maximum atomic E-state index is 6.42. The van der Waals surface area contributed by atoms with Crippen LogP contribution in [0.3, 0.4) is 0 Å². The highest BCUT2D eigenvalue weighted by molar-refractivity contribution is 6.35. The van der Waals surface area contributed by atoms with Crippen LogP contribution in [0.1, 0.15) is 25.1 Å². The summed E-state index contributed by atoms with van der Waals surface area (Å²) in [6.45, 7) is 2.12. The molecule has 0 radical (unpaired) electrons. The molecule has 1 fully saturated rings. The molecule has 3 nitrogen and oxygen atoms in total. The van der Waals surface area contributed by atoms with Gasteiger partial charge in [0.1, 0.15) is 5.82 Å². The zero-order valence-corrected chi connectivity index (χ0v) is 13.9. The summed E-state index contributed by atoms with van der Waals surface area (Å²) in [5, 5.41) is 0.777. The summed E-state index contributed by atoms with van der Waals surface area (Å²) in [6.07, 6.45) is 4.62. The normalized spacial score (nSPS) is 20.2. The van der Waals surface area contributed by atoms with Crippen LogP contribution < -0.4 is 0 Å². The molecule has 5 heteroatoms. The molecule has 2 aromatic rings. The summed E-state index contributed by atoms with van der Waals surface area (Å²) in [5.74, 6) is 1.63. The van der Waals surface area contributed by atoms with E-state index >= 15 is 0 Å². The van der Waals surface area contributed by atoms with Crippen LogP contribution >= 0.6 is 23.2 Å². The number of fused-ring (bicyclic) bond motifs is 1. The number of piperidine rings is 1. The second kappa shape index (κ2) is 6.55. The lowest BCUT2D eigenvalue weighted by atomic mass is 10.0. The van der Waals surface area contributed by atoms with Crippen LogP contribution in [0, 0.1) is 0 Å². The highest BCUT2D eigenvalue weighted by atomic mass is 35.5. The summed E-state index contributed by atoms with van der Waals surface area (Å²) in [6, 6.07) is 6.48. The number of halogens is 2. The van der Waals surface area contributed by atoms with Gasteiger partial charge in [0.05, 0.1) is 16.1 Å². The van der Waals surface area contributed by atoms with Crippen molar-refractivity contribution in [1.82, 2.24) is 14.5 Å². The fourth-order valence-corrected chi connectivity index (χ4v) is 3.69. The van der Waals surface area contributed by atoms with Crippen molar-refractivity contribution in [2.45, 2.75) is 38.3 Å². The first-order valence-electron chi connectivity index (χ1n) is 7.60. The van der Waals surface area contributed by atoms with Crippen LogP contribution in [-0.2, 0) is 13.0 Å². The number of rotatable bonds is 4. The Hall–Kier alpha value is -0.770. The molecule has 114 valence electrons. The number of para-hydroxylation sites is 1. The summed E-state index contributed by atoms with van der Waals surface area (Å²) < 4.78 is 2.28. The van der Waals surface area contributed by atoms with E-state index in [0.717, 1.165) is 34.8 Å². The molecule has 3 rings (SSSR count). The van der Waals surface area contributed by atoms with Crippen molar-refractivity contribution in [3.05, 3.63) is 29.0 Å². The monoisotopic (exact) mass is 325 g/mol. The van der Waals surface area contributed by atoms with Crippen LogP contribution in [0.25, 0.3) is 11.0 Å². The van der Waals surface area contributed by atoms with E-state index in [4.69, 9.17) is 28.2 Å². The van der Waals surface area contributed by atoms with Gasteiger partial charge in [-0.2, -0.15) is 0 Å². The number of aryl methyl sites for hydroxylation is 1. The zero-order valence-electron chi connectivity index (χ0n) is 12.4. The average molecular weight is 326 g/mol. The molecular weight excluding hydrogens is 305 g/mol. The van der Waals surface area contributed by atoms with Crippen LogP contribution in [-0.4, -0.2) is 40.0 Å². The predicted octanol–water partition coefficient (Wildman–Crippen LogP) is 3.96. The minimum atomic E-state index is 0.557. The standard InChI is InChI=1S/C16H21Cl2N3/c1-20-10-3-2-5-12(20)11-21-15(8-9-17)19-14-7-4-6-13(18)16(14)21/h4,6-7,12H,2-3,5,8-11H2,1H3. The molecule has 0 spiro atoms. The minimum Gasteiger partial charge on any atom is -0.325 e. The molecule has 0 bridgehead atoms. The third kappa shape index (κ3) is 3.05. The van der Waals surface area contributed by atoms with E-state index in [9.17, 15) is 0 Å². The van der Waals surface area contributed by atoms with Gasteiger partial charge in [-0.3, -0.25) is 0 Å². The second-order valence-electron chi connectivity index (χ2n) is 5.82. The number of aromatic nitrogens is 2. The van der Waals surface area contributed by atoms with Crippen LogP contribution in [0.4, 0.5) is 0 Å². The smallest absolute Gasteiger partial charge is 0.111 e. The van der Waals surface area contributed by atoms with E-state index in [-0.39, 0.29) is 0 Å². The lowest BCUT2D eigenvalue weighted by Crippen LogP contribution is -2.39. The fourth-order valence-electron chi connectivity index (χ4n) is 3.25. The Morgan fingerprint density at radius 3 is 2.95 bits per heavy atom. The number of nitrogens with zero attached hydrogens (tertiary/aromatic N) is 3. The fraction of sp³-hybridized carbons (Fsp3) is 0.562. The van der Waals surface area contributed by atoms with Gasteiger partial charge in [0.15, 0.2) is 0 Å². The SMILES string of the molecule is CN1CCCCC1Cn1c(CCCl)nc2cccc(Cl)c21. The van der Waals surface area contributed by atoms with Crippen molar-refractivity contribution in [3.63, 3.8) is 0 Å². The molecule has 0 aliphatic carbocycles. The number of alkyl halides is 1. The van der Waals surface area contributed by atoms with Crippen molar-refractivity contribution in [1.29, 1.82) is 0 Å². The van der Waals surface area contributed by atoms with E-state index in [0.29, 0.717) is 11.9 Å². The Morgan fingerprint density at radius 2 is 2.19 bits per heavy atom. The topological polar surface area (TPSA) is 21.1 Å². The van der Waals surface area contributed by atoms with Crippen LogP contribution in [0.15, 0.2) is 18.2 Å². The Balaban J connectivity index is 2.00. The number of likely N-dealkylation sites (N-methyl/N-ethyl adjacent to an activating group) is 1. The first-order chi connectivity index (χ1) is 10.2. The van der Waals surface area contributed by atoms with Crippen molar-refractivity contribution >= 4 is 34.2 Å². The Kier molecular flexibility index (Phi) is 4.72. The molecule has 0 amide bonds. The number of imidazole rings is 1. The molecule has 1 aliphatic rings. The molecular formula is C16H21Cl2N3. The lowest BCUT2D eigenvalue weighted by molar-refractivity contribution is 0.168. The van der Waals surface area contributed by atoms with E-state index in [1.807, 2.05) is 18.2 Å². The second-order valence-corrected chi connectivity index (χ2v) is 6.60. The van der Waals surface area contributed by atoms with E-state index in [1.54, 1.807) is 0 Å². The maximum Gasteiger partial charge on any atom is 0.111 e. The van der Waals surface area contributed by atoms with Gasteiger partial charge < -0.3 is 9.47 Å². The number of hydrogen-bond donors (Lipinski definition) is 0. The molecule has 1 aliphatic heterocycles. The highest BCUT2D eigenvalue weighted by Gasteiger charge is 2.22. The molecule has 1 aromatic carbocycles. The van der Waals surface area contributed by atoms with Gasteiger partial charge in [0.25, 0.3) is 0 Å². The quantitative estimate of drug-likeness (QED) is 0.793. The van der Waals surface area contributed by atoms with Gasteiger partial charge in [-0.25, -0.2) is 4.98 Å². The Bertz CT molecular complexity index is 623. The summed E-state index contributed by atoms with van der Waals surface area (Å²) in [5.41, 5.74) is 2.03. The molecule has 2 heterocycles. The Morgan fingerprint density at radius 1 is 1.33 bits per heavy atom. The maximum absolute atomic E-state index is 6.42. The molecule has 1 atom stereocenters. The van der Waals surface area contributed by atoms with Gasteiger partial charge in [0.2, 0.25) is 0 Å². The van der Waals surface area contributed by atoms with Gasteiger partial charge in [-0.05, 0) is 38.6 Å². The first-order valence-corrected chi connectivity index (χ1v) is 8.52. The molecule has 21 heavy (non-hydrogen) atoms. The van der Waals surface area contributed by atoms with Crippen LogP contribution in [0.2, 0.25) is 5.02 Å². The zero-order chi connectivity index (χ0) is 14.8. The van der Waals surface area contributed by atoms with E-state index < -0.39 is 0 Å². The van der Waals surface area contributed by atoms with Gasteiger partial charge in [0, 0.05) is 24.9 Å².